The van der Waals surface area contributed by atoms with E-state index in [0.717, 1.165) is 32.1 Å². The van der Waals surface area contributed by atoms with Crippen molar-refractivity contribution in [1.29, 1.82) is 0 Å². The third-order valence-corrected chi connectivity index (χ3v) is 12.7. The first-order valence-corrected chi connectivity index (χ1v) is 14.0. The lowest BCUT2D eigenvalue weighted by molar-refractivity contribution is -0.172. The molecule has 5 rings (SSSR count). The van der Waals surface area contributed by atoms with Crippen LogP contribution in [0.25, 0.3) is 0 Å². The van der Waals surface area contributed by atoms with E-state index in [9.17, 15) is 15.0 Å². The van der Waals surface area contributed by atoms with Gasteiger partial charge >= 0.3 is 0 Å². The van der Waals surface area contributed by atoms with Crippen molar-refractivity contribution in [2.45, 2.75) is 112 Å². The molecule has 0 saturated heterocycles. The second kappa shape index (κ2) is 7.31. The van der Waals surface area contributed by atoms with Crippen molar-refractivity contribution in [3.63, 3.8) is 0 Å². The van der Waals surface area contributed by atoms with Gasteiger partial charge < -0.3 is 10.2 Å². The van der Waals surface area contributed by atoms with E-state index in [0.29, 0.717) is 35.9 Å². The highest BCUT2D eigenvalue weighted by molar-refractivity contribution is 5.91. The lowest BCUT2D eigenvalue weighted by atomic mass is 9.38. The summed E-state index contributed by atoms with van der Waals surface area (Å²) < 4.78 is 0. The summed E-state index contributed by atoms with van der Waals surface area (Å²) in [7, 11) is 0. The number of fused-ring (bicyclic) bond motifs is 2. The van der Waals surface area contributed by atoms with E-state index in [1.807, 2.05) is 19.9 Å². The van der Waals surface area contributed by atoms with Crippen LogP contribution >= 0.6 is 0 Å². The molecule has 34 heavy (non-hydrogen) atoms. The molecule has 2 unspecified atom stereocenters. The van der Waals surface area contributed by atoms with Crippen molar-refractivity contribution >= 4 is 5.78 Å². The Labute approximate surface area is 207 Å². The quantitative estimate of drug-likeness (QED) is 0.464. The standard InChI is InChI=1S/C31H48O3/c1-20(9-8-14-26(2,3)34)21-12-15-29(7)22-13-16-30-19-25(33)31(22,18-17-28(21,29)6)23(30)10-11-24(32)27(30,4)5/h8,13-14,16,20-24,32,34H,9-12,15,17-19H2,1-7H3/b14-8+/t20-,21-,22?,23?,24+,28-,29+,30-,31+/m1/s1. The van der Waals surface area contributed by atoms with Crippen molar-refractivity contribution in [2.24, 2.45) is 50.7 Å². The molecular formula is C31H48O3. The lowest BCUT2D eigenvalue weighted by Crippen LogP contribution is -2.62. The van der Waals surface area contributed by atoms with Crippen molar-refractivity contribution < 1.29 is 15.0 Å². The van der Waals surface area contributed by atoms with E-state index in [2.05, 4.69) is 52.8 Å². The second-order valence-corrected chi connectivity index (χ2v) is 14.6. The van der Waals surface area contributed by atoms with Crippen LogP contribution in [-0.2, 0) is 4.79 Å². The lowest BCUT2D eigenvalue weighted by Gasteiger charge is -2.65. The van der Waals surface area contributed by atoms with Crippen molar-refractivity contribution in [3.8, 4) is 0 Å². The summed E-state index contributed by atoms with van der Waals surface area (Å²) in [6.45, 7) is 15.5. The van der Waals surface area contributed by atoms with Gasteiger partial charge in [0.25, 0.3) is 0 Å². The Kier molecular flexibility index (Phi) is 5.32. The van der Waals surface area contributed by atoms with Crippen molar-refractivity contribution in [1.82, 2.24) is 0 Å². The minimum atomic E-state index is -0.755. The fraction of sp³-hybridized carbons (Fsp3) is 0.839. The molecule has 0 aromatic rings. The van der Waals surface area contributed by atoms with E-state index >= 15 is 0 Å². The van der Waals surface area contributed by atoms with Gasteiger partial charge in [-0.05, 0) is 93.3 Å². The minimum Gasteiger partial charge on any atom is -0.393 e. The van der Waals surface area contributed by atoms with Crippen LogP contribution in [0, 0.1) is 50.7 Å². The number of allylic oxidation sites excluding steroid dienone is 3. The van der Waals surface area contributed by atoms with Gasteiger partial charge in [0.2, 0.25) is 0 Å². The normalized spacial score (nSPS) is 50.2. The molecule has 9 atom stereocenters. The predicted octanol–water partition coefficient (Wildman–Crippen LogP) is 6.48. The molecule has 0 amide bonds. The molecule has 4 saturated carbocycles. The molecule has 1 spiro atoms. The summed E-state index contributed by atoms with van der Waals surface area (Å²) in [5, 5.41) is 21.1. The number of rotatable bonds is 4. The number of carbonyl (C=O) groups excluding carboxylic acids is 1. The maximum Gasteiger partial charge on any atom is 0.140 e. The summed E-state index contributed by atoms with van der Waals surface area (Å²) in [6.07, 6.45) is 16.8. The first-order chi connectivity index (χ1) is 15.7. The number of aliphatic hydroxyl groups excluding tert-OH is 1. The van der Waals surface area contributed by atoms with Gasteiger partial charge in [0.05, 0.1) is 11.7 Å². The number of ketones is 1. The first-order valence-electron chi connectivity index (χ1n) is 14.0. The Morgan fingerprint density at radius 2 is 1.79 bits per heavy atom. The van der Waals surface area contributed by atoms with Crippen molar-refractivity contribution in [3.05, 3.63) is 24.3 Å². The van der Waals surface area contributed by atoms with Gasteiger partial charge in [-0.3, -0.25) is 4.79 Å². The van der Waals surface area contributed by atoms with Crippen LogP contribution < -0.4 is 0 Å². The molecule has 3 heteroatoms. The van der Waals surface area contributed by atoms with Gasteiger partial charge in [-0.2, -0.15) is 0 Å². The topological polar surface area (TPSA) is 57.5 Å². The molecule has 190 valence electrons. The Morgan fingerprint density at radius 3 is 2.47 bits per heavy atom. The third-order valence-electron chi connectivity index (χ3n) is 12.7. The number of carbonyl (C=O) groups is 1. The van der Waals surface area contributed by atoms with Crippen LogP contribution in [0.4, 0.5) is 0 Å². The summed E-state index contributed by atoms with van der Waals surface area (Å²) in [5.41, 5.74) is -1.05. The monoisotopic (exact) mass is 468 g/mol. The molecule has 0 aromatic heterocycles. The van der Waals surface area contributed by atoms with Crippen LogP contribution in [-0.4, -0.2) is 27.7 Å². The zero-order valence-electron chi connectivity index (χ0n) is 22.7. The molecule has 2 N–H and O–H groups in total. The highest BCUT2D eigenvalue weighted by Gasteiger charge is 2.77. The average Bonchev–Trinajstić information content (AvgIpc) is 3.09. The largest absolute Gasteiger partial charge is 0.393 e. The van der Waals surface area contributed by atoms with Gasteiger partial charge in [0.1, 0.15) is 5.78 Å². The van der Waals surface area contributed by atoms with Gasteiger partial charge in [-0.15, -0.1) is 0 Å². The van der Waals surface area contributed by atoms with Crippen LogP contribution in [0.15, 0.2) is 24.3 Å². The molecule has 3 nitrogen and oxygen atoms in total. The van der Waals surface area contributed by atoms with Gasteiger partial charge in [-0.1, -0.05) is 58.9 Å². The van der Waals surface area contributed by atoms with E-state index in [-0.39, 0.29) is 33.2 Å². The fourth-order valence-electron chi connectivity index (χ4n) is 10.4. The van der Waals surface area contributed by atoms with Gasteiger partial charge in [0.15, 0.2) is 0 Å². The van der Waals surface area contributed by atoms with E-state index in [1.54, 1.807) is 0 Å². The highest BCUT2D eigenvalue weighted by atomic mass is 16.3. The summed E-state index contributed by atoms with van der Waals surface area (Å²) in [4.78, 5) is 14.1. The maximum atomic E-state index is 14.1. The Hall–Kier alpha value is -0.930. The predicted molar refractivity (Wildman–Crippen MR) is 137 cm³/mol. The number of Topliss-reactive ketones (excluding diaryl/α,β-unsaturated/α-hetero) is 1. The van der Waals surface area contributed by atoms with Gasteiger partial charge in [-0.25, -0.2) is 0 Å². The van der Waals surface area contributed by atoms with E-state index < -0.39 is 5.60 Å². The Balaban J connectivity index is 1.50. The minimum absolute atomic E-state index is 0.132. The van der Waals surface area contributed by atoms with Crippen molar-refractivity contribution in [2.75, 3.05) is 0 Å². The van der Waals surface area contributed by atoms with Crippen LogP contribution in [0.3, 0.4) is 0 Å². The highest BCUT2D eigenvalue weighted by Crippen LogP contribution is 2.79. The average molecular weight is 469 g/mol. The van der Waals surface area contributed by atoms with Crippen LogP contribution in [0.2, 0.25) is 0 Å². The molecule has 0 aromatic carbocycles. The van der Waals surface area contributed by atoms with E-state index in [4.69, 9.17) is 0 Å². The Bertz CT molecular complexity index is 923. The zero-order valence-corrected chi connectivity index (χ0v) is 22.7. The molecule has 0 aliphatic heterocycles. The SMILES string of the molecule is C[C@H](C/C=C/C(C)(C)O)[C@H]1CC[C@@]2(C)C3C=C[C@@]45CC(=O)[C@]3(CC[C@]12C)C4CC[C@H](O)C5(C)C. The number of hydrogen-bond acceptors (Lipinski definition) is 3. The fourth-order valence-corrected chi connectivity index (χ4v) is 10.4. The number of hydrogen-bond donors (Lipinski definition) is 2. The summed E-state index contributed by atoms with van der Waals surface area (Å²) >= 11 is 0. The van der Waals surface area contributed by atoms with Gasteiger partial charge in [0, 0.05) is 22.7 Å². The molecule has 5 aliphatic rings. The zero-order chi connectivity index (χ0) is 24.9. The molecular weight excluding hydrogens is 420 g/mol. The molecule has 5 aliphatic carbocycles. The Morgan fingerprint density at radius 1 is 1.09 bits per heavy atom. The molecule has 0 radical (unpaired) electrons. The first kappa shape index (κ1) is 24.8. The van der Waals surface area contributed by atoms with Crippen LogP contribution in [0.5, 0.6) is 0 Å². The summed E-state index contributed by atoms with van der Waals surface area (Å²) in [5.74, 6) is 2.41. The second-order valence-electron chi connectivity index (χ2n) is 14.6. The van der Waals surface area contributed by atoms with E-state index in [1.165, 1.54) is 12.8 Å². The summed E-state index contributed by atoms with van der Waals surface area (Å²) in [6, 6.07) is 0. The molecule has 0 heterocycles. The maximum absolute atomic E-state index is 14.1. The number of aliphatic hydroxyl groups is 2. The third kappa shape index (κ3) is 2.86. The molecule has 4 fully saturated rings. The smallest absolute Gasteiger partial charge is 0.140 e. The van der Waals surface area contributed by atoms with Crippen LogP contribution in [0.1, 0.15) is 99.8 Å². The molecule has 2 bridgehead atoms.